The van der Waals surface area contributed by atoms with Crippen LogP contribution in [0.15, 0.2) is 48.8 Å². The summed E-state index contributed by atoms with van der Waals surface area (Å²) in [6.07, 6.45) is 5.46. The zero-order valence-corrected chi connectivity index (χ0v) is 18.6. The molecule has 0 unspecified atom stereocenters. The normalized spacial score (nSPS) is 22.1. The van der Waals surface area contributed by atoms with Crippen molar-refractivity contribution in [2.24, 2.45) is 0 Å². The molecule has 3 heterocycles. The van der Waals surface area contributed by atoms with Gasteiger partial charge in [0.2, 0.25) is 11.8 Å². The summed E-state index contributed by atoms with van der Waals surface area (Å²) in [6, 6.07) is 11.7. The van der Waals surface area contributed by atoms with Gasteiger partial charge in [-0.1, -0.05) is 35.9 Å². The van der Waals surface area contributed by atoms with Gasteiger partial charge in [-0.2, -0.15) is 0 Å². The van der Waals surface area contributed by atoms with Crippen LogP contribution in [0.3, 0.4) is 0 Å². The summed E-state index contributed by atoms with van der Waals surface area (Å²) in [4.78, 5) is 33.8. The second-order valence-corrected chi connectivity index (χ2v) is 8.96. The van der Waals surface area contributed by atoms with E-state index < -0.39 is 6.10 Å². The number of aliphatic hydroxyl groups excluding tert-OH is 1. The van der Waals surface area contributed by atoms with Gasteiger partial charge in [-0.25, -0.2) is 0 Å². The van der Waals surface area contributed by atoms with Crippen molar-refractivity contribution < 1.29 is 14.7 Å². The summed E-state index contributed by atoms with van der Waals surface area (Å²) < 4.78 is 0. The molecule has 2 atom stereocenters. The van der Waals surface area contributed by atoms with Crippen LogP contribution in [0.1, 0.15) is 36.0 Å². The number of rotatable bonds is 6. The first kappa shape index (κ1) is 22.4. The zero-order valence-electron chi connectivity index (χ0n) is 18.6. The van der Waals surface area contributed by atoms with Crippen LogP contribution in [0.2, 0.25) is 0 Å². The highest BCUT2D eigenvalue weighted by Crippen LogP contribution is 2.27. The lowest BCUT2D eigenvalue weighted by atomic mass is 10.0. The highest BCUT2D eigenvalue weighted by molar-refractivity contribution is 5.82. The van der Waals surface area contributed by atoms with E-state index in [4.69, 9.17) is 0 Å². The standard InChI is InChI=1S/C25H32N4O3/c1-18-4-2-5-19(12-18)13-24(31)28-10-7-21(8-11-28)29-17-22(30)14-23(29)25(32)27-16-20-6-3-9-26-15-20/h2-6,9,12,15,21-23,30H,7-8,10-11,13-14,16-17H2,1H3,(H,27,32)/t22-,23+/m1/s1. The van der Waals surface area contributed by atoms with Gasteiger partial charge >= 0.3 is 0 Å². The number of pyridine rings is 1. The van der Waals surface area contributed by atoms with Crippen molar-refractivity contribution in [1.82, 2.24) is 20.1 Å². The lowest BCUT2D eigenvalue weighted by Gasteiger charge is -2.39. The minimum absolute atomic E-state index is 0.0524. The molecule has 2 aliphatic rings. The number of nitrogens with one attached hydrogen (secondary N) is 1. The third-order valence-electron chi connectivity index (χ3n) is 6.53. The largest absolute Gasteiger partial charge is 0.392 e. The maximum absolute atomic E-state index is 12.9. The van der Waals surface area contributed by atoms with Gasteiger partial charge in [0.1, 0.15) is 0 Å². The van der Waals surface area contributed by atoms with E-state index in [9.17, 15) is 14.7 Å². The Kier molecular flexibility index (Phi) is 7.17. The third kappa shape index (κ3) is 5.53. The van der Waals surface area contributed by atoms with Crippen molar-refractivity contribution in [3.05, 3.63) is 65.5 Å². The Morgan fingerprint density at radius 1 is 1.16 bits per heavy atom. The molecule has 1 aromatic heterocycles. The molecule has 0 radical (unpaired) electrons. The van der Waals surface area contributed by atoms with Gasteiger partial charge in [-0.15, -0.1) is 0 Å². The van der Waals surface area contributed by atoms with E-state index in [1.54, 1.807) is 12.4 Å². The number of carbonyl (C=O) groups excluding carboxylic acids is 2. The number of hydrogen-bond acceptors (Lipinski definition) is 5. The van der Waals surface area contributed by atoms with E-state index in [1.165, 1.54) is 0 Å². The van der Waals surface area contributed by atoms with Crippen LogP contribution < -0.4 is 5.32 Å². The summed E-state index contributed by atoms with van der Waals surface area (Å²) in [5, 5.41) is 13.3. The van der Waals surface area contributed by atoms with Crippen molar-refractivity contribution >= 4 is 11.8 Å². The molecule has 7 nitrogen and oxygen atoms in total. The van der Waals surface area contributed by atoms with E-state index in [0.717, 1.165) is 29.5 Å². The molecule has 32 heavy (non-hydrogen) atoms. The first-order valence-corrected chi connectivity index (χ1v) is 11.4. The maximum Gasteiger partial charge on any atom is 0.237 e. The van der Waals surface area contributed by atoms with Crippen LogP contribution in [-0.2, 0) is 22.6 Å². The second-order valence-electron chi connectivity index (χ2n) is 8.96. The number of nitrogens with zero attached hydrogens (tertiary/aromatic N) is 3. The Balaban J connectivity index is 1.30. The Hall–Kier alpha value is -2.77. The molecular formula is C25H32N4O3. The van der Waals surface area contributed by atoms with Crippen molar-refractivity contribution in [1.29, 1.82) is 0 Å². The van der Waals surface area contributed by atoms with Crippen LogP contribution >= 0.6 is 0 Å². The zero-order chi connectivity index (χ0) is 22.5. The van der Waals surface area contributed by atoms with Gasteiger partial charge < -0.3 is 15.3 Å². The number of benzene rings is 1. The molecule has 2 saturated heterocycles. The predicted molar refractivity (Wildman–Crippen MR) is 122 cm³/mol. The Labute approximate surface area is 189 Å². The monoisotopic (exact) mass is 436 g/mol. The number of hydrogen-bond donors (Lipinski definition) is 2. The number of β-amino-alcohol motifs (C(OH)–C–C–N with tert-alkyl or cyclic N) is 1. The van der Waals surface area contributed by atoms with Crippen molar-refractivity contribution in [2.75, 3.05) is 19.6 Å². The molecule has 170 valence electrons. The molecule has 0 spiro atoms. The molecule has 4 rings (SSSR count). The number of aromatic nitrogens is 1. The average Bonchev–Trinajstić information content (AvgIpc) is 3.20. The van der Waals surface area contributed by atoms with Crippen molar-refractivity contribution in [3.63, 3.8) is 0 Å². The SMILES string of the molecule is Cc1cccc(CC(=O)N2CCC(N3C[C@H](O)C[C@H]3C(=O)NCc3cccnc3)CC2)c1. The molecule has 0 saturated carbocycles. The van der Waals surface area contributed by atoms with Crippen LogP contribution in [0.25, 0.3) is 0 Å². The Morgan fingerprint density at radius 3 is 2.66 bits per heavy atom. The van der Waals surface area contributed by atoms with Gasteiger partial charge in [0.25, 0.3) is 0 Å². The molecule has 2 fully saturated rings. The lowest BCUT2D eigenvalue weighted by Crippen LogP contribution is -2.52. The molecule has 2 N–H and O–H groups in total. The van der Waals surface area contributed by atoms with Crippen LogP contribution in [-0.4, -0.2) is 69.5 Å². The molecule has 2 aromatic rings. The minimum Gasteiger partial charge on any atom is -0.392 e. The molecule has 2 aliphatic heterocycles. The Bertz CT molecular complexity index is 928. The van der Waals surface area contributed by atoms with Gasteiger partial charge in [0.05, 0.1) is 18.6 Å². The summed E-state index contributed by atoms with van der Waals surface area (Å²) in [5.41, 5.74) is 3.16. The highest BCUT2D eigenvalue weighted by atomic mass is 16.3. The number of carbonyl (C=O) groups is 2. The smallest absolute Gasteiger partial charge is 0.237 e. The molecule has 7 heteroatoms. The second kappa shape index (κ2) is 10.2. The van der Waals surface area contributed by atoms with E-state index in [0.29, 0.717) is 39.0 Å². The number of piperidine rings is 1. The molecule has 1 aromatic carbocycles. The summed E-state index contributed by atoms with van der Waals surface area (Å²) >= 11 is 0. The quantitative estimate of drug-likeness (QED) is 0.720. The molecule has 2 amide bonds. The average molecular weight is 437 g/mol. The summed E-state index contributed by atoms with van der Waals surface area (Å²) in [5.74, 6) is 0.102. The summed E-state index contributed by atoms with van der Waals surface area (Å²) in [7, 11) is 0. The molecular weight excluding hydrogens is 404 g/mol. The van der Waals surface area contributed by atoms with E-state index in [2.05, 4.69) is 21.3 Å². The fraction of sp³-hybridized carbons (Fsp3) is 0.480. The van der Waals surface area contributed by atoms with Crippen molar-refractivity contribution in [3.8, 4) is 0 Å². The fourth-order valence-corrected chi connectivity index (χ4v) is 4.86. The number of amides is 2. The van der Waals surface area contributed by atoms with Crippen LogP contribution in [0.4, 0.5) is 0 Å². The number of aliphatic hydroxyl groups is 1. The minimum atomic E-state index is -0.495. The van der Waals surface area contributed by atoms with Gasteiger partial charge in [0.15, 0.2) is 0 Å². The number of likely N-dealkylation sites (tertiary alicyclic amines) is 2. The van der Waals surface area contributed by atoms with E-state index in [1.807, 2.05) is 42.2 Å². The van der Waals surface area contributed by atoms with E-state index in [-0.39, 0.29) is 23.9 Å². The van der Waals surface area contributed by atoms with E-state index >= 15 is 0 Å². The number of aryl methyl sites for hydroxylation is 1. The predicted octanol–water partition coefficient (Wildman–Crippen LogP) is 1.68. The van der Waals surface area contributed by atoms with Gasteiger partial charge in [-0.3, -0.25) is 19.5 Å². The fourth-order valence-electron chi connectivity index (χ4n) is 4.86. The third-order valence-corrected chi connectivity index (χ3v) is 6.53. The molecule has 0 bridgehead atoms. The van der Waals surface area contributed by atoms with Gasteiger partial charge in [-0.05, 0) is 43.4 Å². The van der Waals surface area contributed by atoms with Crippen molar-refractivity contribution in [2.45, 2.75) is 57.3 Å². The topological polar surface area (TPSA) is 85.8 Å². The first-order valence-electron chi connectivity index (χ1n) is 11.4. The van der Waals surface area contributed by atoms with Crippen LogP contribution in [0, 0.1) is 6.92 Å². The lowest BCUT2D eigenvalue weighted by molar-refractivity contribution is -0.133. The maximum atomic E-state index is 12.9. The van der Waals surface area contributed by atoms with Gasteiger partial charge in [0, 0.05) is 44.6 Å². The highest BCUT2D eigenvalue weighted by Gasteiger charge is 2.40. The Morgan fingerprint density at radius 2 is 1.94 bits per heavy atom. The molecule has 0 aliphatic carbocycles. The van der Waals surface area contributed by atoms with Crippen LogP contribution in [0.5, 0.6) is 0 Å². The summed E-state index contributed by atoms with van der Waals surface area (Å²) in [6.45, 7) is 4.34. The first-order chi connectivity index (χ1) is 15.5.